The Morgan fingerprint density at radius 1 is 1.30 bits per heavy atom. The molecule has 1 aromatic heterocycles. The molecule has 1 heterocycles. The Balaban J connectivity index is 1.96. The normalized spacial score (nSPS) is 10.7. The van der Waals surface area contributed by atoms with E-state index in [-0.39, 0.29) is 5.56 Å². The molecule has 3 rings (SSSR count). The van der Waals surface area contributed by atoms with Crippen LogP contribution in [-0.4, -0.2) is 16.1 Å². The number of carbonyl (C=O) groups excluding carboxylic acids is 1. The summed E-state index contributed by atoms with van der Waals surface area (Å²) < 4.78 is 14.3. The van der Waals surface area contributed by atoms with Gasteiger partial charge >= 0.3 is 0 Å². The van der Waals surface area contributed by atoms with Crippen LogP contribution in [-0.2, 0) is 0 Å². The zero-order chi connectivity index (χ0) is 14.1. The highest BCUT2D eigenvalue weighted by molar-refractivity contribution is 9.10. The van der Waals surface area contributed by atoms with E-state index in [0.29, 0.717) is 15.7 Å². The molecule has 4 nitrogen and oxygen atoms in total. The molecule has 20 heavy (non-hydrogen) atoms. The lowest BCUT2D eigenvalue weighted by atomic mass is 10.2. The summed E-state index contributed by atoms with van der Waals surface area (Å²) in [5.74, 6) is -1.08. The van der Waals surface area contributed by atoms with Crippen LogP contribution in [0.5, 0.6) is 0 Å². The summed E-state index contributed by atoms with van der Waals surface area (Å²) in [6, 6.07) is 9.63. The number of amides is 1. The predicted molar refractivity (Wildman–Crippen MR) is 78.1 cm³/mol. The van der Waals surface area contributed by atoms with Gasteiger partial charge in [-0.1, -0.05) is 28.1 Å². The van der Waals surface area contributed by atoms with Crippen LogP contribution in [0.15, 0.2) is 47.1 Å². The first-order valence-electron chi connectivity index (χ1n) is 5.83. The number of hydrogen-bond donors (Lipinski definition) is 2. The lowest BCUT2D eigenvalue weighted by Crippen LogP contribution is -2.14. The van der Waals surface area contributed by atoms with Gasteiger partial charge in [-0.25, -0.2) is 4.39 Å². The number of hydrogen-bond acceptors (Lipinski definition) is 2. The smallest absolute Gasteiger partial charge is 0.258 e. The Morgan fingerprint density at radius 3 is 3.00 bits per heavy atom. The van der Waals surface area contributed by atoms with E-state index in [9.17, 15) is 9.18 Å². The van der Waals surface area contributed by atoms with Gasteiger partial charge in [-0.3, -0.25) is 9.89 Å². The summed E-state index contributed by atoms with van der Waals surface area (Å²) in [6.07, 6.45) is 1.66. The Bertz CT molecular complexity index is 800. The van der Waals surface area contributed by atoms with Crippen molar-refractivity contribution in [3.63, 3.8) is 0 Å². The van der Waals surface area contributed by atoms with Crippen molar-refractivity contribution in [3.8, 4) is 0 Å². The van der Waals surface area contributed by atoms with Gasteiger partial charge in [-0.2, -0.15) is 5.10 Å². The second-order valence-corrected chi connectivity index (χ2v) is 5.13. The summed E-state index contributed by atoms with van der Waals surface area (Å²) in [6.45, 7) is 0. The van der Waals surface area contributed by atoms with Crippen LogP contribution in [0.2, 0.25) is 0 Å². The second kappa shape index (κ2) is 5.05. The zero-order valence-electron chi connectivity index (χ0n) is 10.2. The maximum Gasteiger partial charge on any atom is 0.258 e. The molecular weight excluding hydrogens is 325 g/mol. The predicted octanol–water partition coefficient (Wildman–Crippen LogP) is 3.72. The molecule has 3 aromatic rings. The molecule has 1 amide bonds. The van der Waals surface area contributed by atoms with Crippen molar-refractivity contribution in [1.29, 1.82) is 0 Å². The molecule has 0 saturated carbocycles. The quantitative estimate of drug-likeness (QED) is 0.750. The first kappa shape index (κ1) is 12.8. The third kappa shape index (κ3) is 2.30. The molecule has 0 aliphatic rings. The number of nitrogens with one attached hydrogen (secondary N) is 2. The molecule has 0 fully saturated rings. The van der Waals surface area contributed by atoms with Gasteiger partial charge in [0.1, 0.15) is 5.82 Å². The van der Waals surface area contributed by atoms with Crippen LogP contribution >= 0.6 is 15.9 Å². The number of aromatic amines is 1. The Kier molecular flexibility index (Phi) is 3.23. The highest BCUT2D eigenvalue weighted by Crippen LogP contribution is 2.22. The van der Waals surface area contributed by atoms with Gasteiger partial charge in [0, 0.05) is 9.86 Å². The fraction of sp³-hybridized carbons (Fsp3) is 0. The number of carbonyl (C=O) groups is 1. The van der Waals surface area contributed by atoms with Gasteiger partial charge < -0.3 is 5.32 Å². The van der Waals surface area contributed by atoms with E-state index in [0.717, 1.165) is 5.39 Å². The first-order chi connectivity index (χ1) is 9.65. The molecule has 0 aliphatic heterocycles. The number of nitrogens with zero attached hydrogens (tertiary/aromatic N) is 1. The summed E-state index contributed by atoms with van der Waals surface area (Å²) in [5, 5.41) is 10.3. The van der Waals surface area contributed by atoms with Crippen LogP contribution < -0.4 is 5.32 Å². The number of benzene rings is 2. The molecule has 0 atom stereocenters. The Morgan fingerprint density at radius 2 is 2.15 bits per heavy atom. The molecular formula is C14H9BrFN3O. The SMILES string of the molecule is O=C(Nc1cccc2cn[nH]c12)c1cc(Br)ccc1F. The average molecular weight is 334 g/mol. The topological polar surface area (TPSA) is 57.8 Å². The van der Waals surface area contributed by atoms with E-state index < -0.39 is 11.7 Å². The van der Waals surface area contributed by atoms with Crippen LogP contribution in [0, 0.1) is 5.82 Å². The minimum Gasteiger partial charge on any atom is -0.320 e. The van der Waals surface area contributed by atoms with Gasteiger partial charge in [-0.15, -0.1) is 0 Å². The highest BCUT2D eigenvalue weighted by atomic mass is 79.9. The Hall–Kier alpha value is -2.21. The number of aromatic nitrogens is 2. The lowest BCUT2D eigenvalue weighted by Gasteiger charge is -2.07. The number of H-pyrrole nitrogens is 1. The minimum atomic E-state index is -0.567. The summed E-state index contributed by atoms with van der Waals surface area (Å²) in [5.41, 5.74) is 1.25. The summed E-state index contributed by atoms with van der Waals surface area (Å²) >= 11 is 3.22. The van der Waals surface area contributed by atoms with Crippen LogP contribution in [0.3, 0.4) is 0 Å². The fourth-order valence-corrected chi connectivity index (χ4v) is 2.30. The molecule has 2 N–H and O–H groups in total. The number of rotatable bonds is 2. The first-order valence-corrected chi connectivity index (χ1v) is 6.63. The third-order valence-corrected chi connectivity index (χ3v) is 3.39. The number of halogens is 2. The standard InChI is InChI=1S/C14H9BrFN3O/c15-9-4-5-11(16)10(6-9)14(20)18-12-3-1-2-8-7-17-19-13(8)12/h1-7H,(H,17,19)(H,18,20). The van der Waals surface area contributed by atoms with Crippen LogP contribution in [0.25, 0.3) is 10.9 Å². The van der Waals surface area contributed by atoms with Crippen molar-refractivity contribution >= 4 is 38.4 Å². The molecule has 0 aliphatic carbocycles. The van der Waals surface area contributed by atoms with E-state index >= 15 is 0 Å². The second-order valence-electron chi connectivity index (χ2n) is 4.22. The van der Waals surface area contributed by atoms with E-state index in [1.165, 1.54) is 12.1 Å². The highest BCUT2D eigenvalue weighted by Gasteiger charge is 2.14. The monoisotopic (exact) mass is 333 g/mol. The lowest BCUT2D eigenvalue weighted by molar-refractivity contribution is 0.102. The fourth-order valence-electron chi connectivity index (χ4n) is 1.93. The van der Waals surface area contributed by atoms with Gasteiger partial charge in [0.15, 0.2) is 0 Å². The van der Waals surface area contributed by atoms with E-state index in [4.69, 9.17) is 0 Å². The zero-order valence-corrected chi connectivity index (χ0v) is 11.7. The maximum atomic E-state index is 13.7. The van der Waals surface area contributed by atoms with E-state index in [1.54, 1.807) is 24.4 Å². The van der Waals surface area contributed by atoms with Crippen LogP contribution in [0.1, 0.15) is 10.4 Å². The summed E-state index contributed by atoms with van der Waals surface area (Å²) in [4.78, 5) is 12.1. The summed E-state index contributed by atoms with van der Waals surface area (Å²) in [7, 11) is 0. The molecule has 0 radical (unpaired) electrons. The van der Waals surface area contributed by atoms with Gasteiger partial charge in [0.2, 0.25) is 0 Å². The number of fused-ring (bicyclic) bond motifs is 1. The average Bonchev–Trinajstić information content (AvgIpc) is 2.91. The van der Waals surface area contributed by atoms with E-state index in [2.05, 4.69) is 31.4 Å². The molecule has 100 valence electrons. The van der Waals surface area contributed by atoms with Crippen molar-refractivity contribution < 1.29 is 9.18 Å². The molecule has 6 heteroatoms. The van der Waals surface area contributed by atoms with Crippen molar-refractivity contribution in [2.45, 2.75) is 0 Å². The molecule has 0 unspecified atom stereocenters. The molecule has 0 bridgehead atoms. The minimum absolute atomic E-state index is 0.0177. The largest absolute Gasteiger partial charge is 0.320 e. The Labute approximate surface area is 122 Å². The van der Waals surface area contributed by atoms with Crippen molar-refractivity contribution in [2.75, 3.05) is 5.32 Å². The molecule has 2 aromatic carbocycles. The maximum absolute atomic E-state index is 13.7. The van der Waals surface area contributed by atoms with Crippen molar-refractivity contribution in [3.05, 3.63) is 58.4 Å². The molecule has 0 spiro atoms. The van der Waals surface area contributed by atoms with Crippen molar-refractivity contribution in [2.24, 2.45) is 0 Å². The van der Waals surface area contributed by atoms with Crippen LogP contribution in [0.4, 0.5) is 10.1 Å². The van der Waals surface area contributed by atoms with Crippen molar-refractivity contribution in [1.82, 2.24) is 10.2 Å². The van der Waals surface area contributed by atoms with Gasteiger partial charge in [0.25, 0.3) is 5.91 Å². The number of anilines is 1. The van der Waals surface area contributed by atoms with Gasteiger partial charge in [-0.05, 0) is 24.3 Å². The third-order valence-electron chi connectivity index (χ3n) is 2.90. The number of para-hydroxylation sites is 1. The van der Waals surface area contributed by atoms with Gasteiger partial charge in [0.05, 0.1) is 23.0 Å². The van der Waals surface area contributed by atoms with E-state index in [1.807, 2.05) is 6.07 Å². The molecule has 0 saturated heterocycles.